The van der Waals surface area contributed by atoms with Crippen molar-refractivity contribution in [1.29, 1.82) is 0 Å². The van der Waals surface area contributed by atoms with Crippen LogP contribution in [-0.4, -0.2) is 33.9 Å². The molecule has 1 unspecified atom stereocenters. The number of benzene rings is 2. The lowest BCUT2D eigenvalue weighted by Gasteiger charge is -2.24. The molecule has 172 valence electrons. The van der Waals surface area contributed by atoms with Gasteiger partial charge in [0, 0.05) is 5.02 Å². The van der Waals surface area contributed by atoms with Crippen LogP contribution in [0.5, 0.6) is 5.75 Å². The molecule has 0 saturated heterocycles. The molecule has 1 aliphatic rings. The molecular formula is C24H18ClN3O4S2. The normalized spacial score (nSPS) is 16.1. The van der Waals surface area contributed by atoms with Crippen molar-refractivity contribution in [2.75, 3.05) is 12.0 Å². The van der Waals surface area contributed by atoms with E-state index in [0.717, 1.165) is 9.71 Å². The van der Waals surface area contributed by atoms with Gasteiger partial charge in [-0.15, -0.1) is 11.3 Å². The zero-order chi connectivity index (χ0) is 24.1. The fourth-order valence-electron chi connectivity index (χ4n) is 3.98. The Balaban J connectivity index is 1.67. The van der Waals surface area contributed by atoms with Gasteiger partial charge in [-0.1, -0.05) is 35.1 Å². The maximum absolute atomic E-state index is 13.6. The number of carbonyl (C=O) groups is 2. The van der Waals surface area contributed by atoms with Crippen molar-refractivity contribution in [1.82, 2.24) is 9.97 Å². The van der Waals surface area contributed by atoms with Crippen molar-refractivity contribution in [2.24, 2.45) is 0 Å². The topological polar surface area (TPSA) is 92.6 Å². The van der Waals surface area contributed by atoms with E-state index in [9.17, 15) is 14.7 Å². The van der Waals surface area contributed by atoms with Crippen LogP contribution in [0.1, 0.15) is 32.0 Å². The van der Waals surface area contributed by atoms with E-state index in [1.807, 2.05) is 6.07 Å². The Morgan fingerprint density at radius 2 is 1.85 bits per heavy atom. The number of nitrogens with zero attached hydrogens (tertiary/aromatic N) is 3. The number of halogens is 1. The third-order valence-electron chi connectivity index (χ3n) is 5.54. The molecule has 10 heteroatoms. The molecule has 0 aliphatic carbocycles. The van der Waals surface area contributed by atoms with Gasteiger partial charge >= 0.3 is 0 Å². The molecule has 7 nitrogen and oxygen atoms in total. The molecule has 0 radical (unpaired) electrons. The second-order valence-corrected chi connectivity index (χ2v) is 10.3. The molecule has 34 heavy (non-hydrogen) atoms. The number of ether oxygens (including phenoxy) is 1. The van der Waals surface area contributed by atoms with Crippen molar-refractivity contribution in [3.8, 4) is 5.75 Å². The molecule has 0 bridgehead atoms. The highest BCUT2D eigenvalue weighted by Gasteiger charge is 2.46. The van der Waals surface area contributed by atoms with Gasteiger partial charge in [0.25, 0.3) is 5.91 Å². The number of Topliss-reactive ketones (excluding diaryl/α,β-unsaturated/α-hetero) is 1. The number of fused-ring (bicyclic) bond motifs is 1. The molecule has 1 amide bonds. The number of aliphatic hydroxyl groups is 1. The summed E-state index contributed by atoms with van der Waals surface area (Å²) < 4.78 is 6.11. The molecule has 0 fully saturated rings. The van der Waals surface area contributed by atoms with Crippen LogP contribution in [0, 0.1) is 13.8 Å². The number of hydrogen-bond acceptors (Lipinski definition) is 8. The average molecular weight is 512 g/mol. The second kappa shape index (κ2) is 8.50. The van der Waals surface area contributed by atoms with Crippen LogP contribution in [0.2, 0.25) is 5.02 Å². The van der Waals surface area contributed by atoms with Crippen molar-refractivity contribution < 1.29 is 19.4 Å². The van der Waals surface area contributed by atoms with Crippen LogP contribution in [0.4, 0.5) is 5.13 Å². The first-order valence-electron chi connectivity index (χ1n) is 10.2. The van der Waals surface area contributed by atoms with Gasteiger partial charge < -0.3 is 9.84 Å². The SMILES string of the molecule is COc1ccc2nc(N3C(=O)C(O)=C(C(=O)c4sc(C)nc4C)C3c3ccc(Cl)cc3)sc2c1. The predicted molar refractivity (Wildman–Crippen MR) is 133 cm³/mol. The lowest BCUT2D eigenvalue weighted by Crippen LogP contribution is -2.30. The van der Waals surface area contributed by atoms with Crippen LogP contribution in [0.3, 0.4) is 0 Å². The van der Waals surface area contributed by atoms with Crippen LogP contribution in [-0.2, 0) is 4.79 Å². The summed E-state index contributed by atoms with van der Waals surface area (Å²) in [7, 11) is 1.58. The number of carbonyl (C=O) groups excluding carboxylic acids is 2. The van der Waals surface area contributed by atoms with Crippen molar-refractivity contribution in [2.45, 2.75) is 19.9 Å². The third kappa shape index (κ3) is 3.66. The Bertz CT molecular complexity index is 1490. The number of anilines is 1. The molecule has 0 spiro atoms. The van der Waals surface area contributed by atoms with Gasteiger partial charge in [-0.05, 0) is 49.7 Å². The number of aliphatic hydroxyl groups excluding tert-OH is 1. The minimum Gasteiger partial charge on any atom is -0.503 e. The van der Waals surface area contributed by atoms with Crippen molar-refractivity contribution in [3.63, 3.8) is 0 Å². The van der Waals surface area contributed by atoms with E-state index < -0.39 is 23.5 Å². The molecule has 1 N–H and O–H groups in total. The summed E-state index contributed by atoms with van der Waals surface area (Å²) in [5.74, 6) is -1.04. The number of aryl methyl sites for hydroxylation is 2. The molecule has 2 aromatic heterocycles. The first-order chi connectivity index (χ1) is 16.3. The average Bonchev–Trinajstić information content (AvgIpc) is 3.46. The summed E-state index contributed by atoms with van der Waals surface area (Å²) in [6.07, 6.45) is 0. The lowest BCUT2D eigenvalue weighted by molar-refractivity contribution is -0.117. The summed E-state index contributed by atoms with van der Waals surface area (Å²) in [5, 5.41) is 12.5. The first kappa shape index (κ1) is 22.5. The van der Waals surface area contributed by atoms with E-state index in [4.69, 9.17) is 16.3 Å². The summed E-state index contributed by atoms with van der Waals surface area (Å²) in [6.45, 7) is 3.54. The highest BCUT2D eigenvalue weighted by molar-refractivity contribution is 7.22. The number of hydrogen-bond donors (Lipinski definition) is 1. The summed E-state index contributed by atoms with van der Waals surface area (Å²) in [6, 6.07) is 11.4. The van der Waals surface area contributed by atoms with Crippen LogP contribution >= 0.6 is 34.3 Å². The van der Waals surface area contributed by atoms with Gasteiger partial charge in [-0.3, -0.25) is 14.5 Å². The monoisotopic (exact) mass is 511 g/mol. The van der Waals surface area contributed by atoms with Gasteiger partial charge in [-0.25, -0.2) is 9.97 Å². The van der Waals surface area contributed by atoms with Crippen molar-refractivity contribution >= 4 is 61.3 Å². The highest BCUT2D eigenvalue weighted by Crippen LogP contribution is 2.45. The number of thiazole rings is 2. The van der Waals surface area contributed by atoms with Gasteiger partial charge in [0.1, 0.15) is 5.75 Å². The maximum Gasteiger partial charge on any atom is 0.296 e. The third-order valence-corrected chi connectivity index (χ3v) is 7.88. The Morgan fingerprint density at radius 1 is 1.12 bits per heavy atom. The molecule has 5 rings (SSSR count). The van der Waals surface area contributed by atoms with Gasteiger partial charge in [0.2, 0.25) is 5.78 Å². The Labute approximate surface area is 207 Å². The number of rotatable bonds is 5. The number of aromatic nitrogens is 2. The molecule has 0 saturated carbocycles. The largest absolute Gasteiger partial charge is 0.503 e. The van der Waals surface area contributed by atoms with E-state index >= 15 is 0 Å². The van der Waals surface area contributed by atoms with E-state index in [1.165, 1.54) is 27.6 Å². The molecule has 2 aromatic carbocycles. The number of ketones is 1. The van der Waals surface area contributed by atoms with E-state index in [1.54, 1.807) is 57.4 Å². The number of amides is 1. The molecule has 1 atom stereocenters. The minimum atomic E-state index is -0.874. The highest BCUT2D eigenvalue weighted by atomic mass is 35.5. The van der Waals surface area contributed by atoms with Crippen LogP contribution < -0.4 is 9.64 Å². The van der Waals surface area contributed by atoms with Gasteiger partial charge in [-0.2, -0.15) is 0 Å². The predicted octanol–water partition coefficient (Wildman–Crippen LogP) is 5.81. The molecule has 3 heterocycles. The number of methoxy groups -OCH3 is 1. The first-order valence-corrected chi connectivity index (χ1v) is 12.2. The fourth-order valence-corrected chi connectivity index (χ4v) is 6.00. The zero-order valence-electron chi connectivity index (χ0n) is 18.3. The zero-order valence-corrected chi connectivity index (χ0v) is 20.7. The smallest absolute Gasteiger partial charge is 0.296 e. The van der Waals surface area contributed by atoms with E-state index in [2.05, 4.69) is 9.97 Å². The standard InChI is InChI=1S/C24H18ClN3O4S2/c1-11-22(33-12(2)26-11)20(29)18-19(13-4-6-14(25)7-5-13)28(23(31)21(18)30)24-27-16-9-8-15(32-3)10-17(16)34-24/h4-10,19,30H,1-3H3. The van der Waals surface area contributed by atoms with Gasteiger partial charge in [0.15, 0.2) is 10.9 Å². The summed E-state index contributed by atoms with van der Waals surface area (Å²) >= 11 is 8.60. The molecular weight excluding hydrogens is 494 g/mol. The Kier molecular flexibility index (Phi) is 5.63. The van der Waals surface area contributed by atoms with Crippen LogP contribution in [0.15, 0.2) is 53.8 Å². The van der Waals surface area contributed by atoms with Crippen molar-refractivity contribution in [3.05, 3.63) is 80.0 Å². The van der Waals surface area contributed by atoms with E-state index in [-0.39, 0.29) is 5.57 Å². The summed E-state index contributed by atoms with van der Waals surface area (Å²) in [5.41, 5.74) is 1.86. The Morgan fingerprint density at radius 3 is 2.50 bits per heavy atom. The molecule has 1 aliphatic heterocycles. The molecule has 4 aromatic rings. The van der Waals surface area contributed by atoms with Crippen LogP contribution in [0.25, 0.3) is 10.2 Å². The quantitative estimate of drug-likeness (QED) is 0.340. The summed E-state index contributed by atoms with van der Waals surface area (Å²) in [4.78, 5) is 37.7. The maximum atomic E-state index is 13.6. The lowest BCUT2D eigenvalue weighted by atomic mass is 9.95. The second-order valence-electron chi connectivity index (χ2n) is 7.70. The minimum absolute atomic E-state index is 0.00379. The Hall–Kier alpha value is -3.27. The van der Waals surface area contributed by atoms with Gasteiger partial charge in [0.05, 0.1) is 44.5 Å². The van der Waals surface area contributed by atoms with E-state index in [0.29, 0.717) is 37.6 Å². The fraction of sp³-hybridized carbons (Fsp3) is 0.167.